The summed E-state index contributed by atoms with van der Waals surface area (Å²) < 4.78 is 34.2. The van der Waals surface area contributed by atoms with Gasteiger partial charge in [0.15, 0.2) is 0 Å². The summed E-state index contributed by atoms with van der Waals surface area (Å²) in [5.74, 6) is -0.766. The van der Waals surface area contributed by atoms with Gasteiger partial charge in [0.25, 0.3) is 10.0 Å². The number of nitrogens with zero attached hydrogens (tertiary/aromatic N) is 1. The molecule has 0 saturated carbocycles. The summed E-state index contributed by atoms with van der Waals surface area (Å²) in [5, 5.41) is 10.8. The normalized spacial score (nSPS) is 11.5. The number of pyridine rings is 1. The van der Waals surface area contributed by atoms with E-state index in [4.69, 9.17) is 22.1 Å². The van der Waals surface area contributed by atoms with Gasteiger partial charge in [0, 0.05) is 16.0 Å². The number of aryl methyl sites for hydroxylation is 1. The highest BCUT2D eigenvalue weighted by atomic mass is 35.5. The summed E-state index contributed by atoms with van der Waals surface area (Å²) in [4.78, 5) is 16.9. The number of nitrogens with one attached hydrogen (secondary N) is 1. The first-order valence-electron chi connectivity index (χ1n) is 9.51. The smallest absolute Gasteiger partial charge is 0.339 e. The molecule has 0 bridgehead atoms. The number of thiophene rings is 1. The van der Waals surface area contributed by atoms with E-state index >= 15 is 0 Å². The van der Waals surface area contributed by atoms with Crippen LogP contribution in [0.15, 0.2) is 53.4 Å². The second kappa shape index (κ2) is 8.54. The van der Waals surface area contributed by atoms with Gasteiger partial charge in [-0.3, -0.25) is 4.72 Å². The fourth-order valence-electron chi connectivity index (χ4n) is 3.52. The molecule has 4 aromatic rings. The molecule has 4 N–H and O–H groups in total. The average molecular weight is 504 g/mol. The highest BCUT2D eigenvalue weighted by Crippen LogP contribution is 2.46. The van der Waals surface area contributed by atoms with Crippen LogP contribution in [0.1, 0.15) is 16.1 Å². The number of carboxylic acids is 1. The lowest BCUT2D eigenvalue weighted by Gasteiger charge is -2.15. The van der Waals surface area contributed by atoms with Crippen molar-refractivity contribution >= 4 is 59.8 Å². The number of nitrogens with two attached hydrogens (primary N) is 1. The van der Waals surface area contributed by atoms with Gasteiger partial charge in [0.05, 0.1) is 28.4 Å². The van der Waals surface area contributed by atoms with Crippen molar-refractivity contribution in [1.29, 1.82) is 0 Å². The fraction of sp³-hybridized carbons (Fsp3) is 0.0909. The van der Waals surface area contributed by atoms with Crippen LogP contribution in [-0.4, -0.2) is 31.6 Å². The van der Waals surface area contributed by atoms with E-state index in [1.807, 2.05) is 0 Å². The van der Waals surface area contributed by atoms with Gasteiger partial charge in [-0.1, -0.05) is 41.1 Å². The zero-order chi connectivity index (χ0) is 23.9. The molecule has 33 heavy (non-hydrogen) atoms. The molecule has 8 nitrogen and oxygen atoms in total. The van der Waals surface area contributed by atoms with Gasteiger partial charge < -0.3 is 15.6 Å². The molecular formula is C22H18ClN3O5S2. The van der Waals surface area contributed by atoms with Crippen molar-refractivity contribution in [1.82, 2.24) is 4.98 Å². The average Bonchev–Trinajstić information content (AvgIpc) is 3.08. The number of rotatable bonds is 6. The van der Waals surface area contributed by atoms with Crippen molar-refractivity contribution in [2.24, 2.45) is 0 Å². The summed E-state index contributed by atoms with van der Waals surface area (Å²) in [5.41, 5.74) is 7.17. The van der Waals surface area contributed by atoms with Crippen molar-refractivity contribution in [2.75, 3.05) is 17.6 Å². The van der Waals surface area contributed by atoms with E-state index < -0.39 is 16.0 Å². The van der Waals surface area contributed by atoms with Crippen LogP contribution in [0, 0.1) is 6.92 Å². The summed E-state index contributed by atoms with van der Waals surface area (Å²) in [6.07, 6.45) is 0. The number of carboxylic acid groups (broad SMARTS) is 1. The molecule has 0 saturated heterocycles. The molecule has 11 heteroatoms. The van der Waals surface area contributed by atoms with Gasteiger partial charge in [-0.15, -0.1) is 0 Å². The number of nitrogen functional groups attached to an aromatic ring is 1. The molecule has 0 fully saturated rings. The fourth-order valence-corrected chi connectivity index (χ4v) is 5.92. The van der Waals surface area contributed by atoms with E-state index in [0.29, 0.717) is 32.1 Å². The van der Waals surface area contributed by atoms with Crippen LogP contribution >= 0.6 is 22.9 Å². The predicted molar refractivity (Wildman–Crippen MR) is 130 cm³/mol. The number of aromatic nitrogens is 1. The van der Waals surface area contributed by atoms with Crippen molar-refractivity contribution in [3.63, 3.8) is 0 Å². The third kappa shape index (κ3) is 4.20. The van der Waals surface area contributed by atoms with Gasteiger partial charge in [-0.25, -0.2) is 18.2 Å². The Morgan fingerprint density at radius 3 is 2.61 bits per heavy atom. The maximum Gasteiger partial charge on any atom is 0.339 e. The first kappa shape index (κ1) is 22.8. The molecule has 0 aliphatic carbocycles. The van der Waals surface area contributed by atoms with Gasteiger partial charge >= 0.3 is 5.97 Å². The minimum Gasteiger partial charge on any atom is -0.497 e. The minimum atomic E-state index is -4.19. The van der Waals surface area contributed by atoms with Crippen LogP contribution in [0.4, 0.5) is 10.7 Å². The van der Waals surface area contributed by atoms with Crippen LogP contribution in [-0.2, 0) is 10.0 Å². The molecule has 0 amide bonds. The Morgan fingerprint density at radius 2 is 1.94 bits per heavy atom. The summed E-state index contributed by atoms with van der Waals surface area (Å²) in [6.45, 7) is 1.50. The SMILES string of the molecule is COc1cccc(-c2c(N)sc3nc(C)c(C(=O)O)c(NS(=O)(=O)c4cccc(Cl)c4)c23)c1. The van der Waals surface area contributed by atoms with E-state index in [0.717, 1.165) is 11.3 Å². The number of hydrogen-bond acceptors (Lipinski definition) is 7. The van der Waals surface area contributed by atoms with Gasteiger partial charge in [-0.05, 0) is 42.8 Å². The molecule has 0 spiro atoms. The lowest BCUT2D eigenvalue weighted by Crippen LogP contribution is -2.17. The van der Waals surface area contributed by atoms with E-state index in [-0.39, 0.29) is 26.9 Å². The second-order valence-corrected chi connectivity index (χ2v) is 10.2. The Morgan fingerprint density at radius 1 is 1.21 bits per heavy atom. The zero-order valence-electron chi connectivity index (χ0n) is 17.4. The molecule has 2 aromatic heterocycles. The van der Waals surface area contributed by atoms with Crippen LogP contribution in [0.5, 0.6) is 5.75 Å². The number of carbonyl (C=O) groups is 1. The molecule has 2 aromatic carbocycles. The predicted octanol–water partition coefficient (Wildman–Crippen LogP) is 5.01. The lowest BCUT2D eigenvalue weighted by atomic mass is 10.0. The largest absolute Gasteiger partial charge is 0.497 e. The molecule has 170 valence electrons. The van der Waals surface area contributed by atoms with Crippen LogP contribution in [0.25, 0.3) is 21.3 Å². The highest BCUT2D eigenvalue weighted by Gasteiger charge is 2.28. The number of sulfonamides is 1. The third-order valence-corrected chi connectivity index (χ3v) is 7.46. The quantitative estimate of drug-likeness (QED) is 0.336. The number of benzene rings is 2. The molecule has 0 radical (unpaired) electrons. The molecule has 0 unspecified atom stereocenters. The number of ether oxygens (including phenoxy) is 1. The van der Waals surface area contributed by atoms with Gasteiger partial charge in [0.1, 0.15) is 16.1 Å². The van der Waals surface area contributed by atoms with E-state index in [2.05, 4.69) is 9.71 Å². The first-order valence-corrected chi connectivity index (χ1v) is 12.2. The molecule has 0 aliphatic rings. The van der Waals surface area contributed by atoms with Gasteiger partial charge in [0.2, 0.25) is 0 Å². The second-order valence-electron chi connectivity index (χ2n) is 7.07. The molecular weight excluding hydrogens is 486 g/mol. The standard InChI is InChI=1S/C22H18ClN3O5S2/c1-11-16(22(27)28)19(26-33(29,30)15-8-4-6-13(23)10-15)18-17(20(24)32-21(18)25-11)12-5-3-7-14(9-12)31-2/h3-10H,24H2,1-2H3,(H,25,26)(H,27,28). The van der Waals surface area contributed by atoms with Crippen molar-refractivity contribution in [3.8, 4) is 16.9 Å². The summed E-state index contributed by atoms with van der Waals surface area (Å²) in [7, 11) is -2.67. The Bertz CT molecular complexity index is 1520. The molecule has 4 rings (SSSR count). The number of fused-ring (bicyclic) bond motifs is 1. The van der Waals surface area contributed by atoms with E-state index in [9.17, 15) is 18.3 Å². The number of anilines is 2. The van der Waals surface area contributed by atoms with E-state index in [1.54, 1.807) is 30.3 Å². The summed E-state index contributed by atoms with van der Waals surface area (Å²) in [6, 6.07) is 12.7. The van der Waals surface area contributed by atoms with Crippen LogP contribution in [0.2, 0.25) is 5.02 Å². The number of hydrogen-bond donors (Lipinski definition) is 3. The number of methoxy groups -OCH3 is 1. The Kier molecular flexibility index (Phi) is 5.91. The molecule has 2 heterocycles. The zero-order valence-corrected chi connectivity index (χ0v) is 19.8. The maximum absolute atomic E-state index is 13.2. The monoisotopic (exact) mass is 503 g/mol. The van der Waals surface area contributed by atoms with Crippen molar-refractivity contribution in [3.05, 3.63) is 64.8 Å². The molecule has 0 atom stereocenters. The highest BCUT2D eigenvalue weighted by molar-refractivity contribution is 7.92. The van der Waals surface area contributed by atoms with Crippen molar-refractivity contribution < 1.29 is 23.1 Å². The molecule has 0 aliphatic heterocycles. The van der Waals surface area contributed by atoms with E-state index in [1.165, 1.54) is 32.2 Å². The topological polar surface area (TPSA) is 132 Å². The number of aromatic carboxylic acids is 1. The first-order chi connectivity index (χ1) is 15.6. The van der Waals surface area contributed by atoms with Crippen LogP contribution < -0.4 is 15.2 Å². The Labute approximate surface area is 198 Å². The summed E-state index contributed by atoms with van der Waals surface area (Å²) >= 11 is 7.11. The van der Waals surface area contributed by atoms with Crippen LogP contribution in [0.3, 0.4) is 0 Å². The van der Waals surface area contributed by atoms with Gasteiger partial charge in [-0.2, -0.15) is 0 Å². The lowest BCUT2D eigenvalue weighted by molar-refractivity contribution is 0.0697. The Hall–Kier alpha value is -3.34. The van der Waals surface area contributed by atoms with Crippen molar-refractivity contribution in [2.45, 2.75) is 11.8 Å². The maximum atomic E-state index is 13.2. The minimum absolute atomic E-state index is 0.111. The Balaban J connectivity index is 2.05. The number of halogens is 1. The third-order valence-electron chi connectivity index (χ3n) is 4.96.